The van der Waals surface area contributed by atoms with Crippen LogP contribution in [-0.2, 0) is 11.3 Å². The number of carbonyl (C=O) groups excluding carboxylic acids is 1. The number of hydrogen-bond acceptors (Lipinski definition) is 3. The van der Waals surface area contributed by atoms with Crippen LogP contribution in [0.4, 0.5) is 0 Å². The number of carbonyl (C=O) groups is 1. The predicted octanol–water partition coefficient (Wildman–Crippen LogP) is 2.21. The van der Waals surface area contributed by atoms with E-state index in [9.17, 15) is 9.90 Å². The zero-order chi connectivity index (χ0) is 14.5. The lowest BCUT2D eigenvalue weighted by atomic mass is 9.91. The Kier molecular flexibility index (Phi) is 5.15. The number of aliphatic hydroxyl groups is 1. The van der Waals surface area contributed by atoms with Crippen LogP contribution in [0.1, 0.15) is 41.6 Å². The van der Waals surface area contributed by atoms with E-state index in [-0.39, 0.29) is 11.9 Å². The second-order valence-electron chi connectivity index (χ2n) is 5.43. The molecule has 4 heteroatoms. The average molecular weight is 277 g/mol. The van der Waals surface area contributed by atoms with Gasteiger partial charge in [-0.2, -0.15) is 0 Å². The van der Waals surface area contributed by atoms with Gasteiger partial charge < -0.3 is 14.7 Å². The topological polar surface area (TPSA) is 49.8 Å². The highest BCUT2D eigenvalue weighted by Crippen LogP contribution is 2.24. The van der Waals surface area contributed by atoms with E-state index in [1.54, 1.807) is 19.1 Å². The Bertz CT molecular complexity index is 461. The Morgan fingerprint density at radius 3 is 2.75 bits per heavy atom. The fourth-order valence-electron chi connectivity index (χ4n) is 2.89. The predicted molar refractivity (Wildman–Crippen MR) is 77.5 cm³/mol. The molecule has 0 saturated heterocycles. The third-order valence-corrected chi connectivity index (χ3v) is 4.06. The van der Waals surface area contributed by atoms with Crippen molar-refractivity contribution in [1.82, 2.24) is 4.90 Å². The fourth-order valence-corrected chi connectivity index (χ4v) is 2.89. The molecule has 2 atom stereocenters. The zero-order valence-electron chi connectivity index (χ0n) is 12.2. The van der Waals surface area contributed by atoms with Gasteiger partial charge in [0.2, 0.25) is 0 Å². The van der Waals surface area contributed by atoms with Crippen molar-refractivity contribution in [3.05, 3.63) is 35.4 Å². The maximum absolute atomic E-state index is 12.6. The smallest absolute Gasteiger partial charge is 0.254 e. The summed E-state index contributed by atoms with van der Waals surface area (Å²) in [6.07, 6.45) is 3.35. The molecular weight excluding hydrogens is 254 g/mol. The van der Waals surface area contributed by atoms with Crippen molar-refractivity contribution in [2.24, 2.45) is 0 Å². The highest BCUT2D eigenvalue weighted by molar-refractivity contribution is 5.95. The van der Waals surface area contributed by atoms with E-state index in [4.69, 9.17) is 4.74 Å². The second kappa shape index (κ2) is 6.86. The Morgan fingerprint density at radius 2 is 2.05 bits per heavy atom. The third-order valence-electron chi connectivity index (χ3n) is 4.06. The van der Waals surface area contributed by atoms with Crippen LogP contribution < -0.4 is 0 Å². The maximum atomic E-state index is 12.6. The maximum Gasteiger partial charge on any atom is 0.254 e. The summed E-state index contributed by atoms with van der Waals surface area (Å²) >= 11 is 0. The number of rotatable bonds is 4. The molecule has 1 amide bonds. The molecule has 1 aliphatic carbocycles. The van der Waals surface area contributed by atoms with E-state index < -0.39 is 6.10 Å². The molecule has 110 valence electrons. The van der Waals surface area contributed by atoms with Crippen LogP contribution in [0.5, 0.6) is 0 Å². The molecule has 0 heterocycles. The van der Waals surface area contributed by atoms with E-state index in [1.807, 2.05) is 24.3 Å². The molecule has 0 bridgehead atoms. The van der Waals surface area contributed by atoms with Gasteiger partial charge >= 0.3 is 0 Å². The summed E-state index contributed by atoms with van der Waals surface area (Å²) in [7, 11) is 3.40. The Hall–Kier alpha value is -1.39. The van der Waals surface area contributed by atoms with E-state index in [0.29, 0.717) is 12.2 Å². The summed E-state index contributed by atoms with van der Waals surface area (Å²) < 4.78 is 5.14. The van der Waals surface area contributed by atoms with Crippen molar-refractivity contribution in [3.63, 3.8) is 0 Å². The largest absolute Gasteiger partial charge is 0.391 e. The normalized spacial score (nSPS) is 22.6. The molecule has 0 aromatic heterocycles. The van der Waals surface area contributed by atoms with Crippen LogP contribution in [0.25, 0.3) is 0 Å². The van der Waals surface area contributed by atoms with E-state index in [0.717, 1.165) is 31.2 Å². The van der Waals surface area contributed by atoms with Crippen molar-refractivity contribution in [2.45, 2.75) is 44.4 Å². The van der Waals surface area contributed by atoms with Gasteiger partial charge in [0.1, 0.15) is 0 Å². The zero-order valence-corrected chi connectivity index (χ0v) is 12.2. The van der Waals surface area contributed by atoms with Gasteiger partial charge in [0.15, 0.2) is 0 Å². The number of likely N-dealkylation sites (N-methyl/N-ethyl adjacent to an activating group) is 1. The molecule has 1 aliphatic rings. The lowest BCUT2D eigenvalue weighted by Gasteiger charge is -2.35. The summed E-state index contributed by atoms with van der Waals surface area (Å²) in [5.74, 6) is -0.0383. The van der Waals surface area contributed by atoms with Crippen LogP contribution >= 0.6 is 0 Å². The molecule has 1 fully saturated rings. The highest BCUT2D eigenvalue weighted by Gasteiger charge is 2.30. The molecule has 0 aliphatic heterocycles. The fraction of sp³-hybridized carbons (Fsp3) is 0.562. The number of amides is 1. The van der Waals surface area contributed by atoms with Crippen LogP contribution in [0.2, 0.25) is 0 Å². The number of aliphatic hydroxyl groups excluding tert-OH is 1. The van der Waals surface area contributed by atoms with Crippen molar-refractivity contribution < 1.29 is 14.6 Å². The first-order valence-corrected chi connectivity index (χ1v) is 7.17. The third kappa shape index (κ3) is 3.19. The average Bonchev–Trinajstić information content (AvgIpc) is 2.47. The number of methoxy groups -OCH3 is 1. The molecular formula is C16H23NO3. The van der Waals surface area contributed by atoms with E-state index >= 15 is 0 Å². The molecule has 2 unspecified atom stereocenters. The molecule has 1 aromatic rings. The first-order chi connectivity index (χ1) is 9.65. The number of nitrogens with zero attached hydrogens (tertiary/aromatic N) is 1. The van der Waals surface area contributed by atoms with E-state index in [1.165, 1.54) is 0 Å². The molecule has 4 nitrogen and oxygen atoms in total. The Morgan fingerprint density at radius 1 is 1.35 bits per heavy atom. The van der Waals surface area contributed by atoms with Crippen LogP contribution in [0.3, 0.4) is 0 Å². The minimum Gasteiger partial charge on any atom is -0.391 e. The lowest BCUT2D eigenvalue weighted by Crippen LogP contribution is -2.46. The molecule has 1 aromatic carbocycles. The van der Waals surface area contributed by atoms with Crippen molar-refractivity contribution in [1.29, 1.82) is 0 Å². The SMILES string of the molecule is COCc1ccccc1C(=O)N(C)C1CCCCC1O. The Balaban J connectivity index is 2.17. The lowest BCUT2D eigenvalue weighted by molar-refractivity contribution is 0.0266. The summed E-state index contributed by atoms with van der Waals surface area (Å²) in [4.78, 5) is 14.3. The van der Waals surface area contributed by atoms with Gasteiger partial charge in [0.05, 0.1) is 18.8 Å². The molecule has 20 heavy (non-hydrogen) atoms. The van der Waals surface area contributed by atoms with Crippen LogP contribution in [0, 0.1) is 0 Å². The highest BCUT2D eigenvalue weighted by atomic mass is 16.5. The van der Waals surface area contributed by atoms with Gasteiger partial charge in [-0.15, -0.1) is 0 Å². The van der Waals surface area contributed by atoms with Gasteiger partial charge in [0, 0.05) is 19.7 Å². The van der Waals surface area contributed by atoms with Crippen LogP contribution in [-0.4, -0.2) is 42.2 Å². The molecule has 0 spiro atoms. The van der Waals surface area contributed by atoms with Gasteiger partial charge in [-0.3, -0.25) is 4.79 Å². The first-order valence-electron chi connectivity index (χ1n) is 7.17. The van der Waals surface area contributed by atoms with Gasteiger partial charge in [-0.25, -0.2) is 0 Å². The van der Waals surface area contributed by atoms with Crippen molar-refractivity contribution in [3.8, 4) is 0 Å². The van der Waals surface area contributed by atoms with Gasteiger partial charge in [-0.05, 0) is 24.5 Å². The molecule has 0 radical (unpaired) electrons. The minimum absolute atomic E-state index is 0.0383. The number of ether oxygens (including phenoxy) is 1. The second-order valence-corrected chi connectivity index (χ2v) is 5.43. The summed E-state index contributed by atoms with van der Waals surface area (Å²) in [5.41, 5.74) is 1.55. The van der Waals surface area contributed by atoms with Crippen molar-refractivity contribution >= 4 is 5.91 Å². The van der Waals surface area contributed by atoms with Gasteiger partial charge in [-0.1, -0.05) is 31.0 Å². The monoisotopic (exact) mass is 277 g/mol. The number of hydrogen-bond donors (Lipinski definition) is 1. The summed E-state index contributed by atoms with van der Waals surface area (Å²) in [5, 5.41) is 10.1. The standard InChI is InChI=1S/C16H23NO3/c1-17(14-9-5-6-10-15(14)18)16(19)13-8-4-3-7-12(13)11-20-2/h3-4,7-8,14-15,18H,5-6,9-11H2,1-2H3. The molecule has 2 rings (SSSR count). The Labute approximate surface area is 120 Å². The molecule has 1 N–H and O–H groups in total. The number of benzene rings is 1. The summed E-state index contributed by atoms with van der Waals surface area (Å²) in [6, 6.07) is 7.41. The van der Waals surface area contributed by atoms with Crippen molar-refractivity contribution in [2.75, 3.05) is 14.2 Å². The quantitative estimate of drug-likeness (QED) is 0.918. The summed E-state index contributed by atoms with van der Waals surface area (Å²) in [6.45, 7) is 0.420. The first kappa shape index (κ1) is 15.0. The molecule has 1 saturated carbocycles. The van der Waals surface area contributed by atoms with Crippen LogP contribution in [0.15, 0.2) is 24.3 Å². The van der Waals surface area contributed by atoms with Gasteiger partial charge in [0.25, 0.3) is 5.91 Å². The minimum atomic E-state index is -0.410. The van der Waals surface area contributed by atoms with E-state index in [2.05, 4.69) is 0 Å².